The van der Waals surface area contributed by atoms with Crippen molar-refractivity contribution in [2.75, 3.05) is 5.73 Å². The maximum absolute atomic E-state index is 13.0. The minimum Gasteiger partial charge on any atom is -0.398 e. The van der Waals surface area contributed by atoms with Crippen molar-refractivity contribution in [3.8, 4) is 0 Å². The summed E-state index contributed by atoms with van der Waals surface area (Å²) in [5.41, 5.74) is 8.84. The summed E-state index contributed by atoms with van der Waals surface area (Å²) in [7, 11) is 0. The van der Waals surface area contributed by atoms with Crippen LogP contribution in [-0.2, 0) is 5.75 Å². The molecule has 2 rings (SSSR count). The molecule has 0 atom stereocenters. The van der Waals surface area contributed by atoms with Gasteiger partial charge in [0, 0.05) is 16.3 Å². The lowest BCUT2D eigenvalue weighted by Gasteiger charge is -2.08. The van der Waals surface area contributed by atoms with Crippen molar-refractivity contribution in [3.63, 3.8) is 0 Å². The Morgan fingerprint density at radius 3 is 2.78 bits per heavy atom. The maximum Gasteiger partial charge on any atom is 0.141 e. The number of halogens is 2. The topological polar surface area (TPSA) is 26.0 Å². The zero-order valence-corrected chi connectivity index (χ0v) is 11.5. The van der Waals surface area contributed by atoms with Crippen LogP contribution >= 0.6 is 23.4 Å². The smallest absolute Gasteiger partial charge is 0.141 e. The summed E-state index contributed by atoms with van der Waals surface area (Å²) in [5.74, 6) is 0.327. The monoisotopic (exact) mass is 281 g/mol. The molecule has 18 heavy (non-hydrogen) atoms. The summed E-state index contributed by atoms with van der Waals surface area (Å²) < 4.78 is 13.0. The van der Waals surface area contributed by atoms with Gasteiger partial charge in [-0.1, -0.05) is 29.8 Å². The lowest BCUT2D eigenvalue weighted by molar-refractivity contribution is 0.628. The first-order valence-corrected chi connectivity index (χ1v) is 6.86. The molecule has 0 aliphatic carbocycles. The molecule has 0 saturated carbocycles. The van der Waals surface area contributed by atoms with Crippen molar-refractivity contribution in [2.24, 2.45) is 0 Å². The Morgan fingerprint density at radius 1 is 1.28 bits per heavy atom. The first kappa shape index (κ1) is 13.2. The Labute approximate surface area is 115 Å². The Kier molecular flexibility index (Phi) is 4.15. The Morgan fingerprint density at radius 2 is 2.06 bits per heavy atom. The highest BCUT2D eigenvalue weighted by Gasteiger charge is 2.05. The molecule has 0 aliphatic heterocycles. The van der Waals surface area contributed by atoms with Crippen LogP contribution in [-0.4, -0.2) is 0 Å². The highest BCUT2D eigenvalue weighted by atomic mass is 35.5. The number of anilines is 1. The molecule has 0 bridgehead atoms. The van der Waals surface area contributed by atoms with Crippen LogP contribution in [0.3, 0.4) is 0 Å². The Bertz CT molecular complexity index is 572. The predicted octanol–water partition coefficient (Wildman–Crippen LogP) is 4.66. The van der Waals surface area contributed by atoms with E-state index in [1.807, 2.05) is 25.1 Å². The van der Waals surface area contributed by atoms with Gasteiger partial charge in [-0.15, -0.1) is 11.8 Å². The van der Waals surface area contributed by atoms with Gasteiger partial charge in [-0.05, 0) is 36.2 Å². The molecular weight excluding hydrogens is 269 g/mol. The molecule has 0 amide bonds. The van der Waals surface area contributed by atoms with Crippen molar-refractivity contribution >= 4 is 29.1 Å². The van der Waals surface area contributed by atoms with Crippen molar-refractivity contribution in [1.29, 1.82) is 0 Å². The normalized spacial score (nSPS) is 10.6. The third-order valence-electron chi connectivity index (χ3n) is 2.66. The fraction of sp³-hybridized carbons (Fsp3) is 0.143. The van der Waals surface area contributed by atoms with Crippen molar-refractivity contribution in [2.45, 2.75) is 17.6 Å². The molecule has 2 aromatic carbocycles. The Balaban J connectivity index is 2.11. The van der Waals surface area contributed by atoms with Gasteiger partial charge in [0.05, 0.1) is 5.02 Å². The molecule has 2 aromatic rings. The van der Waals surface area contributed by atoms with Crippen LogP contribution in [0.4, 0.5) is 10.1 Å². The highest BCUT2D eigenvalue weighted by Crippen LogP contribution is 2.30. The number of hydrogen-bond donors (Lipinski definition) is 1. The summed E-state index contributed by atoms with van der Waals surface area (Å²) in [6.45, 7) is 1.98. The summed E-state index contributed by atoms with van der Waals surface area (Å²) in [6.07, 6.45) is 0. The molecule has 0 spiro atoms. The molecule has 0 aromatic heterocycles. The van der Waals surface area contributed by atoms with Crippen LogP contribution in [0.2, 0.25) is 5.02 Å². The van der Waals surface area contributed by atoms with Gasteiger partial charge >= 0.3 is 0 Å². The van der Waals surface area contributed by atoms with Crippen molar-refractivity contribution in [1.82, 2.24) is 0 Å². The van der Waals surface area contributed by atoms with E-state index in [1.165, 1.54) is 6.07 Å². The molecule has 0 unspecified atom stereocenters. The van der Waals surface area contributed by atoms with Crippen LogP contribution in [0.5, 0.6) is 0 Å². The second kappa shape index (κ2) is 5.63. The molecule has 4 heteroatoms. The molecular formula is C14H13ClFNS. The van der Waals surface area contributed by atoms with Gasteiger partial charge in [-0.3, -0.25) is 0 Å². The molecule has 2 N–H and O–H groups in total. The largest absolute Gasteiger partial charge is 0.398 e. The number of aryl methyl sites for hydroxylation is 1. The van der Waals surface area contributed by atoms with E-state index >= 15 is 0 Å². The zero-order valence-electron chi connectivity index (χ0n) is 9.91. The van der Waals surface area contributed by atoms with Gasteiger partial charge in [0.25, 0.3) is 0 Å². The van der Waals surface area contributed by atoms with Gasteiger partial charge in [0.2, 0.25) is 0 Å². The van der Waals surface area contributed by atoms with Gasteiger partial charge < -0.3 is 5.73 Å². The number of nitrogens with two attached hydrogens (primary N) is 1. The minimum atomic E-state index is -0.388. The highest BCUT2D eigenvalue weighted by molar-refractivity contribution is 7.98. The average molecular weight is 282 g/mol. The average Bonchev–Trinajstić information content (AvgIpc) is 2.35. The van der Waals surface area contributed by atoms with Crippen LogP contribution < -0.4 is 5.73 Å². The van der Waals surface area contributed by atoms with E-state index in [-0.39, 0.29) is 10.8 Å². The van der Waals surface area contributed by atoms with Crippen molar-refractivity contribution < 1.29 is 4.39 Å². The van der Waals surface area contributed by atoms with E-state index in [0.29, 0.717) is 5.75 Å². The van der Waals surface area contributed by atoms with E-state index in [4.69, 9.17) is 17.3 Å². The molecule has 0 fully saturated rings. The van der Waals surface area contributed by atoms with Crippen LogP contribution in [0.15, 0.2) is 41.3 Å². The fourth-order valence-corrected chi connectivity index (χ4v) is 2.77. The van der Waals surface area contributed by atoms with Crippen LogP contribution in [0.25, 0.3) is 0 Å². The molecule has 0 heterocycles. The van der Waals surface area contributed by atoms with E-state index in [2.05, 4.69) is 0 Å². The molecule has 94 valence electrons. The summed E-state index contributed by atoms with van der Waals surface area (Å²) >= 11 is 7.37. The second-order valence-corrected chi connectivity index (χ2v) is 5.45. The van der Waals surface area contributed by atoms with Gasteiger partial charge in [0.15, 0.2) is 0 Å². The van der Waals surface area contributed by atoms with E-state index < -0.39 is 0 Å². The van der Waals surface area contributed by atoms with E-state index in [0.717, 1.165) is 21.7 Å². The predicted molar refractivity (Wildman–Crippen MR) is 76.6 cm³/mol. The van der Waals surface area contributed by atoms with E-state index in [9.17, 15) is 4.39 Å². The lowest BCUT2D eigenvalue weighted by atomic mass is 10.2. The zero-order chi connectivity index (χ0) is 13.1. The lowest BCUT2D eigenvalue weighted by Crippen LogP contribution is -1.92. The number of nitrogen functional groups attached to an aromatic ring is 1. The number of thioether (sulfide) groups is 1. The summed E-state index contributed by atoms with van der Waals surface area (Å²) in [4.78, 5) is 1.04. The van der Waals surface area contributed by atoms with Gasteiger partial charge in [0.1, 0.15) is 5.82 Å². The maximum atomic E-state index is 13.0. The summed E-state index contributed by atoms with van der Waals surface area (Å²) in [5, 5.41) is 0.158. The number of para-hydroxylation sites is 1. The van der Waals surface area contributed by atoms with Crippen molar-refractivity contribution in [3.05, 3.63) is 58.4 Å². The van der Waals surface area contributed by atoms with Gasteiger partial charge in [-0.2, -0.15) is 0 Å². The van der Waals surface area contributed by atoms with Crippen LogP contribution in [0, 0.1) is 12.7 Å². The number of hydrogen-bond acceptors (Lipinski definition) is 2. The van der Waals surface area contributed by atoms with Gasteiger partial charge in [-0.25, -0.2) is 4.39 Å². The number of benzene rings is 2. The first-order chi connectivity index (χ1) is 8.58. The first-order valence-electron chi connectivity index (χ1n) is 5.50. The third kappa shape index (κ3) is 2.98. The van der Waals surface area contributed by atoms with E-state index in [1.54, 1.807) is 23.9 Å². The third-order valence-corrected chi connectivity index (χ3v) is 4.10. The molecule has 1 nitrogen and oxygen atoms in total. The Hall–Kier alpha value is -1.19. The quantitative estimate of drug-likeness (QED) is 0.654. The van der Waals surface area contributed by atoms with Crippen LogP contribution in [0.1, 0.15) is 11.1 Å². The number of rotatable bonds is 3. The molecule has 0 aliphatic rings. The standard InChI is InChI=1S/C14H13ClFNS/c1-9-3-2-4-13(14(9)17)18-8-10-5-6-12(16)11(15)7-10/h2-7H,8,17H2,1H3. The molecule has 0 saturated heterocycles. The fourth-order valence-electron chi connectivity index (χ4n) is 1.57. The second-order valence-electron chi connectivity index (χ2n) is 4.02. The minimum absolute atomic E-state index is 0.158. The molecule has 0 radical (unpaired) electrons. The SMILES string of the molecule is Cc1cccc(SCc2ccc(F)c(Cl)c2)c1N. The summed E-state index contributed by atoms with van der Waals surface area (Å²) in [6, 6.07) is 10.7.